The molecule has 0 unspecified atom stereocenters. The van der Waals surface area contributed by atoms with E-state index in [0.717, 1.165) is 164 Å². The molecule has 0 N–H and O–H groups in total. The predicted octanol–water partition coefficient (Wildman–Crippen LogP) is 13.1. The molecule has 0 fully saturated rings. The van der Waals surface area contributed by atoms with Crippen LogP contribution in [0.5, 0.6) is 0 Å². The molecular formula is C50H80N8. The zero-order chi connectivity index (χ0) is 42.5. The summed E-state index contributed by atoms with van der Waals surface area (Å²) in [5.41, 5.74) is 15.8. The van der Waals surface area contributed by atoms with E-state index in [4.69, 9.17) is 39.9 Å². The van der Waals surface area contributed by atoms with Gasteiger partial charge in [-0.3, -0.25) is 9.97 Å². The molecule has 0 saturated heterocycles. The number of hydrogen-bond acceptors (Lipinski definition) is 8. The van der Waals surface area contributed by atoms with E-state index in [2.05, 4.69) is 69.2 Å². The molecule has 4 rings (SSSR count). The van der Waals surface area contributed by atoms with Crippen LogP contribution in [-0.4, -0.2) is 39.9 Å². The molecule has 0 spiro atoms. The van der Waals surface area contributed by atoms with Gasteiger partial charge in [0.05, 0.1) is 68.3 Å². The minimum absolute atomic E-state index is 0.867. The Morgan fingerprint density at radius 3 is 0.862 bits per heavy atom. The van der Waals surface area contributed by atoms with Crippen molar-refractivity contribution in [2.75, 3.05) is 0 Å². The van der Waals surface area contributed by atoms with Gasteiger partial charge in [0.1, 0.15) is 11.6 Å². The molecule has 0 atom stereocenters. The van der Waals surface area contributed by atoms with Gasteiger partial charge in [-0.25, -0.2) is 29.9 Å². The maximum absolute atomic E-state index is 5.25. The van der Waals surface area contributed by atoms with E-state index >= 15 is 0 Å². The van der Waals surface area contributed by atoms with Gasteiger partial charge < -0.3 is 0 Å². The SMILES string of the molecule is CCCCCCc1nc(C)nc(CCCCCC)c1-c1nc(CCC)c(C)nc1CCC.CCCc1nc(-c2c(CCC)nc(C)nc2CCC)c(CCC)nc1C. The number of unbranched alkanes of at least 4 members (excludes halogenated alkanes) is 6. The lowest BCUT2D eigenvalue weighted by atomic mass is 9.96. The summed E-state index contributed by atoms with van der Waals surface area (Å²) in [5, 5.41) is 0. The quantitative estimate of drug-likeness (QED) is 0.0646. The van der Waals surface area contributed by atoms with E-state index in [1.54, 1.807) is 0 Å². The minimum Gasteiger partial charge on any atom is -0.254 e. The number of hydrogen-bond donors (Lipinski definition) is 0. The molecule has 0 amide bonds. The number of aromatic nitrogens is 8. The normalized spacial score (nSPS) is 11.2. The van der Waals surface area contributed by atoms with Crippen molar-refractivity contribution in [2.24, 2.45) is 0 Å². The summed E-state index contributed by atoms with van der Waals surface area (Å²) in [6, 6.07) is 0. The van der Waals surface area contributed by atoms with Crippen LogP contribution in [0.4, 0.5) is 0 Å². The van der Waals surface area contributed by atoms with Crippen molar-refractivity contribution in [1.82, 2.24) is 39.9 Å². The van der Waals surface area contributed by atoms with E-state index in [0.29, 0.717) is 0 Å². The van der Waals surface area contributed by atoms with Crippen molar-refractivity contribution in [1.29, 1.82) is 0 Å². The lowest BCUT2D eigenvalue weighted by Crippen LogP contribution is -2.12. The molecule has 0 radical (unpaired) electrons. The molecule has 0 aliphatic carbocycles. The van der Waals surface area contributed by atoms with E-state index < -0.39 is 0 Å². The smallest absolute Gasteiger partial charge is 0.125 e. The first-order valence-corrected chi connectivity index (χ1v) is 23.6. The third kappa shape index (κ3) is 14.3. The predicted molar refractivity (Wildman–Crippen MR) is 245 cm³/mol. The van der Waals surface area contributed by atoms with Crippen LogP contribution in [0.15, 0.2) is 0 Å². The number of rotatable bonds is 24. The Labute approximate surface area is 354 Å². The number of nitrogens with zero attached hydrogens (tertiary/aromatic N) is 8. The Morgan fingerprint density at radius 1 is 0.259 bits per heavy atom. The van der Waals surface area contributed by atoms with Crippen molar-refractivity contribution in [3.63, 3.8) is 0 Å². The van der Waals surface area contributed by atoms with Gasteiger partial charge >= 0.3 is 0 Å². The molecule has 4 aromatic heterocycles. The Bertz CT molecular complexity index is 1770. The highest BCUT2D eigenvalue weighted by Crippen LogP contribution is 2.32. The van der Waals surface area contributed by atoms with Crippen LogP contribution in [-0.2, 0) is 51.4 Å². The van der Waals surface area contributed by atoms with Crippen molar-refractivity contribution < 1.29 is 0 Å². The van der Waals surface area contributed by atoms with Gasteiger partial charge in [-0.15, -0.1) is 0 Å². The largest absolute Gasteiger partial charge is 0.254 e. The fourth-order valence-electron chi connectivity index (χ4n) is 7.94. The van der Waals surface area contributed by atoms with Crippen molar-refractivity contribution in [3.8, 4) is 22.5 Å². The fourth-order valence-corrected chi connectivity index (χ4v) is 7.94. The summed E-state index contributed by atoms with van der Waals surface area (Å²) in [6.45, 7) is 26.0. The van der Waals surface area contributed by atoms with Crippen LogP contribution in [0.2, 0.25) is 0 Å². The van der Waals surface area contributed by atoms with Crippen LogP contribution in [0.3, 0.4) is 0 Å². The maximum atomic E-state index is 5.25. The first-order chi connectivity index (χ1) is 28.1. The third-order valence-electron chi connectivity index (χ3n) is 10.8. The molecular weight excluding hydrogens is 713 g/mol. The second-order valence-electron chi connectivity index (χ2n) is 16.3. The molecule has 0 aromatic carbocycles. The fraction of sp³-hybridized carbons (Fsp3) is 0.680. The van der Waals surface area contributed by atoms with Crippen LogP contribution >= 0.6 is 0 Å². The Hall–Kier alpha value is -3.68. The van der Waals surface area contributed by atoms with Gasteiger partial charge in [-0.05, 0) is 91.9 Å². The Morgan fingerprint density at radius 2 is 0.552 bits per heavy atom. The first kappa shape index (κ1) is 48.7. The van der Waals surface area contributed by atoms with Crippen molar-refractivity contribution in [2.45, 2.75) is 224 Å². The van der Waals surface area contributed by atoms with E-state index in [1.807, 2.05) is 13.8 Å². The van der Waals surface area contributed by atoms with Gasteiger partial charge in [0.15, 0.2) is 0 Å². The molecule has 8 heteroatoms. The lowest BCUT2D eigenvalue weighted by molar-refractivity contribution is 0.648. The van der Waals surface area contributed by atoms with Gasteiger partial charge in [-0.1, -0.05) is 132 Å². The van der Waals surface area contributed by atoms with Gasteiger partial charge in [-0.2, -0.15) is 0 Å². The third-order valence-corrected chi connectivity index (χ3v) is 10.8. The van der Waals surface area contributed by atoms with Crippen molar-refractivity contribution >= 4 is 0 Å². The Balaban J connectivity index is 0.000000317. The Kier molecular flexibility index (Phi) is 22.2. The molecule has 8 nitrogen and oxygen atoms in total. The molecule has 0 aliphatic rings. The molecule has 0 saturated carbocycles. The summed E-state index contributed by atoms with van der Waals surface area (Å²) in [5.74, 6) is 1.77. The van der Waals surface area contributed by atoms with Gasteiger partial charge in [0.2, 0.25) is 0 Å². The average molecular weight is 793 g/mol. The minimum atomic E-state index is 0.867. The highest BCUT2D eigenvalue weighted by Gasteiger charge is 2.23. The zero-order valence-corrected chi connectivity index (χ0v) is 39.1. The van der Waals surface area contributed by atoms with E-state index in [1.165, 1.54) is 68.3 Å². The molecule has 58 heavy (non-hydrogen) atoms. The zero-order valence-electron chi connectivity index (χ0n) is 39.1. The molecule has 4 heterocycles. The second kappa shape index (κ2) is 26.4. The van der Waals surface area contributed by atoms with Crippen molar-refractivity contribution in [3.05, 3.63) is 68.6 Å². The first-order valence-electron chi connectivity index (χ1n) is 23.6. The molecule has 0 aliphatic heterocycles. The highest BCUT2D eigenvalue weighted by molar-refractivity contribution is 5.69. The number of aryl methyl sites for hydroxylation is 12. The molecule has 320 valence electrons. The van der Waals surface area contributed by atoms with Crippen LogP contribution in [0.25, 0.3) is 22.5 Å². The summed E-state index contributed by atoms with van der Waals surface area (Å²) in [4.78, 5) is 40.0. The summed E-state index contributed by atoms with van der Waals surface area (Å²) < 4.78 is 0. The standard InChI is InChI=1S/C28H46N4.C22H34N4/c1-7-11-13-15-19-24-27(25(31-22(6)30-24)20-16-14-12-8-2)28-26(18-10-4)29-21(5)23(32-28)17-9-3;1-7-11-17-15(5)23-20(14-10-4)22(26-17)21-18(12-8-2)24-16(6)25-19(21)13-9-3/h7-20H2,1-6H3;7-14H2,1-6H3. The second-order valence-corrected chi connectivity index (χ2v) is 16.3. The summed E-state index contributed by atoms with van der Waals surface area (Å²) >= 11 is 0. The monoisotopic (exact) mass is 793 g/mol. The van der Waals surface area contributed by atoms with Gasteiger partial charge in [0.25, 0.3) is 0 Å². The van der Waals surface area contributed by atoms with E-state index in [-0.39, 0.29) is 0 Å². The summed E-state index contributed by atoms with van der Waals surface area (Å²) in [7, 11) is 0. The average Bonchev–Trinajstić information content (AvgIpc) is 3.18. The lowest BCUT2D eigenvalue weighted by Gasteiger charge is -2.18. The van der Waals surface area contributed by atoms with E-state index in [9.17, 15) is 0 Å². The summed E-state index contributed by atoms with van der Waals surface area (Å²) in [6.07, 6.45) is 24.1. The van der Waals surface area contributed by atoms with Gasteiger partial charge in [0, 0.05) is 11.1 Å². The topological polar surface area (TPSA) is 103 Å². The highest BCUT2D eigenvalue weighted by atomic mass is 14.9. The van der Waals surface area contributed by atoms with Crippen LogP contribution < -0.4 is 0 Å². The van der Waals surface area contributed by atoms with Crippen LogP contribution in [0, 0.1) is 27.7 Å². The molecule has 4 aromatic rings. The molecule has 0 bridgehead atoms. The van der Waals surface area contributed by atoms with Crippen LogP contribution in [0.1, 0.15) is 214 Å². The maximum Gasteiger partial charge on any atom is 0.125 e.